The monoisotopic (exact) mass is 388 g/mol. The van der Waals surface area contributed by atoms with Crippen molar-refractivity contribution in [1.82, 2.24) is 14.9 Å². The van der Waals surface area contributed by atoms with E-state index in [0.29, 0.717) is 22.4 Å². The highest BCUT2D eigenvalue weighted by Gasteiger charge is 2.07. The summed E-state index contributed by atoms with van der Waals surface area (Å²) in [6.07, 6.45) is 3.27. The summed E-state index contributed by atoms with van der Waals surface area (Å²) in [7, 11) is 3.20. The molecule has 0 radical (unpaired) electrons. The third-order valence-electron chi connectivity index (χ3n) is 3.55. The second kappa shape index (κ2) is 8.73. The van der Waals surface area contributed by atoms with Crippen molar-refractivity contribution in [3.8, 4) is 11.5 Å². The quantitative estimate of drug-likeness (QED) is 0.450. The van der Waals surface area contributed by atoms with Gasteiger partial charge in [0.15, 0.2) is 11.5 Å². The summed E-state index contributed by atoms with van der Waals surface area (Å²) in [5.41, 5.74) is 1.91. The fourth-order valence-corrected chi connectivity index (χ4v) is 3.36. The van der Waals surface area contributed by atoms with Crippen LogP contribution < -0.4 is 9.47 Å². The van der Waals surface area contributed by atoms with E-state index in [9.17, 15) is 0 Å². The lowest BCUT2D eigenvalue weighted by Gasteiger charge is -2.07. The summed E-state index contributed by atoms with van der Waals surface area (Å²) in [5.74, 6) is 2.00. The van der Waals surface area contributed by atoms with Gasteiger partial charge in [-0.25, -0.2) is 0 Å². The van der Waals surface area contributed by atoms with E-state index in [4.69, 9.17) is 21.1 Å². The SMILES string of the molecule is COc1ccc(/C=N/n2cnnc2SCc2ccccc2Cl)cc1OC. The lowest BCUT2D eigenvalue weighted by molar-refractivity contribution is 0.355. The number of ether oxygens (including phenoxy) is 2. The maximum absolute atomic E-state index is 6.19. The van der Waals surface area contributed by atoms with Gasteiger partial charge >= 0.3 is 0 Å². The zero-order chi connectivity index (χ0) is 18.4. The predicted octanol–water partition coefficient (Wildman–Crippen LogP) is 4.12. The normalized spacial score (nSPS) is 11.0. The molecule has 1 heterocycles. The summed E-state index contributed by atoms with van der Waals surface area (Å²) >= 11 is 7.71. The zero-order valence-corrected chi connectivity index (χ0v) is 15.9. The van der Waals surface area contributed by atoms with Gasteiger partial charge in [0.25, 0.3) is 0 Å². The first kappa shape index (κ1) is 18.3. The van der Waals surface area contributed by atoms with Gasteiger partial charge < -0.3 is 9.47 Å². The number of benzene rings is 2. The number of halogens is 1. The van der Waals surface area contributed by atoms with Crippen LogP contribution in [0, 0.1) is 0 Å². The number of hydrogen-bond donors (Lipinski definition) is 0. The number of hydrogen-bond acceptors (Lipinski definition) is 6. The van der Waals surface area contributed by atoms with Crippen LogP contribution in [0.1, 0.15) is 11.1 Å². The minimum absolute atomic E-state index is 0.647. The fraction of sp³-hybridized carbons (Fsp3) is 0.167. The Morgan fingerprint density at radius 2 is 1.96 bits per heavy atom. The molecule has 0 aliphatic heterocycles. The van der Waals surface area contributed by atoms with Crippen LogP contribution in [0.25, 0.3) is 0 Å². The number of thioether (sulfide) groups is 1. The van der Waals surface area contributed by atoms with Gasteiger partial charge in [-0.15, -0.1) is 10.2 Å². The van der Waals surface area contributed by atoms with Crippen molar-refractivity contribution in [2.75, 3.05) is 14.2 Å². The van der Waals surface area contributed by atoms with E-state index in [1.807, 2.05) is 42.5 Å². The maximum atomic E-state index is 6.19. The lowest BCUT2D eigenvalue weighted by Crippen LogP contribution is -1.95. The summed E-state index contributed by atoms with van der Waals surface area (Å²) in [4.78, 5) is 0. The molecule has 3 aromatic rings. The van der Waals surface area contributed by atoms with Crippen LogP contribution >= 0.6 is 23.4 Å². The second-order valence-electron chi connectivity index (χ2n) is 5.20. The lowest BCUT2D eigenvalue weighted by atomic mass is 10.2. The first-order chi connectivity index (χ1) is 12.7. The minimum atomic E-state index is 0.647. The average molecular weight is 389 g/mol. The first-order valence-electron chi connectivity index (χ1n) is 7.74. The third kappa shape index (κ3) is 4.36. The van der Waals surface area contributed by atoms with Crippen molar-refractivity contribution in [2.45, 2.75) is 10.9 Å². The molecule has 134 valence electrons. The van der Waals surface area contributed by atoms with Crippen LogP contribution in [-0.2, 0) is 5.75 Å². The molecule has 0 aliphatic rings. The van der Waals surface area contributed by atoms with Gasteiger partial charge in [0.2, 0.25) is 5.16 Å². The Morgan fingerprint density at radius 1 is 1.15 bits per heavy atom. The Morgan fingerprint density at radius 3 is 2.73 bits per heavy atom. The van der Waals surface area contributed by atoms with Gasteiger partial charge in [0, 0.05) is 10.8 Å². The van der Waals surface area contributed by atoms with Crippen molar-refractivity contribution < 1.29 is 9.47 Å². The molecule has 0 amide bonds. The van der Waals surface area contributed by atoms with Crippen molar-refractivity contribution >= 4 is 29.6 Å². The molecule has 6 nitrogen and oxygen atoms in total. The van der Waals surface area contributed by atoms with E-state index in [-0.39, 0.29) is 0 Å². The largest absolute Gasteiger partial charge is 0.493 e. The Labute approximate surface area is 160 Å². The van der Waals surface area contributed by atoms with Crippen LogP contribution in [0.5, 0.6) is 11.5 Å². The molecule has 8 heteroatoms. The highest BCUT2D eigenvalue weighted by atomic mass is 35.5. The summed E-state index contributed by atoms with van der Waals surface area (Å²) < 4.78 is 12.2. The highest BCUT2D eigenvalue weighted by molar-refractivity contribution is 7.98. The molecule has 1 aromatic heterocycles. The van der Waals surface area contributed by atoms with Crippen molar-refractivity contribution in [3.63, 3.8) is 0 Å². The topological polar surface area (TPSA) is 61.5 Å². The number of methoxy groups -OCH3 is 2. The van der Waals surface area contributed by atoms with Crippen LogP contribution in [0.15, 0.2) is 59.0 Å². The smallest absolute Gasteiger partial charge is 0.212 e. The van der Waals surface area contributed by atoms with E-state index in [0.717, 1.165) is 16.1 Å². The second-order valence-corrected chi connectivity index (χ2v) is 6.55. The van der Waals surface area contributed by atoms with Crippen molar-refractivity contribution in [2.24, 2.45) is 5.10 Å². The summed E-state index contributed by atoms with van der Waals surface area (Å²) in [6, 6.07) is 13.3. The molecule has 2 aromatic carbocycles. The van der Waals surface area contributed by atoms with Crippen LogP contribution in [0.3, 0.4) is 0 Å². The van der Waals surface area contributed by atoms with E-state index >= 15 is 0 Å². The van der Waals surface area contributed by atoms with Gasteiger partial charge in [-0.3, -0.25) is 0 Å². The van der Waals surface area contributed by atoms with Gasteiger partial charge in [-0.2, -0.15) is 9.78 Å². The van der Waals surface area contributed by atoms with E-state index in [1.54, 1.807) is 31.4 Å². The fourth-order valence-electron chi connectivity index (χ4n) is 2.21. The first-order valence-corrected chi connectivity index (χ1v) is 9.10. The van der Waals surface area contributed by atoms with Gasteiger partial charge in [-0.1, -0.05) is 41.6 Å². The number of rotatable bonds is 7. The average Bonchev–Trinajstić information content (AvgIpc) is 3.13. The van der Waals surface area contributed by atoms with Crippen LogP contribution in [0.4, 0.5) is 0 Å². The highest BCUT2D eigenvalue weighted by Crippen LogP contribution is 2.27. The summed E-state index contributed by atoms with van der Waals surface area (Å²) in [6.45, 7) is 0. The Hall–Kier alpha value is -2.51. The Kier molecular flexibility index (Phi) is 6.14. The Bertz CT molecular complexity index is 914. The molecular formula is C18H17ClN4O2S. The minimum Gasteiger partial charge on any atom is -0.493 e. The molecule has 26 heavy (non-hydrogen) atoms. The zero-order valence-electron chi connectivity index (χ0n) is 14.3. The van der Waals surface area contributed by atoms with Crippen LogP contribution in [0.2, 0.25) is 5.02 Å². The third-order valence-corrected chi connectivity index (χ3v) is 4.90. The molecule has 0 aliphatic carbocycles. The summed E-state index contributed by atoms with van der Waals surface area (Å²) in [5, 5.41) is 13.9. The van der Waals surface area contributed by atoms with E-state index in [1.165, 1.54) is 11.8 Å². The molecule has 0 N–H and O–H groups in total. The molecule has 0 unspecified atom stereocenters. The van der Waals surface area contributed by atoms with Crippen LogP contribution in [-0.4, -0.2) is 35.3 Å². The van der Waals surface area contributed by atoms with E-state index in [2.05, 4.69) is 15.3 Å². The molecule has 0 saturated heterocycles. The molecule has 0 atom stereocenters. The Balaban J connectivity index is 1.72. The van der Waals surface area contributed by atoms with Gasteiger partial charge in [0.05, 0.1) is 20.4 Å². The molecular weight excluding hydrogens is 372 g/mol. The molecule has 0 spiro atoms. The molecule has 3 rings (SSSR count). The predicted molar refractivity (Wildman–Crippen MR) is 104 cm³/mol. The number of aromatic nitrogens is 3. The van der Waals surface area contributed by atoms with Crippen molar-refractivity contribution in [3.05, 3.63) is 64.9 Å². The molecule has 0 saturated carbocycles. The molecule has 0 bridgehead atoms. The maximum Gasteiger partial charge on any atom is 0.212 e. The molecule has 0 fully saturated rings. The standard InChI is InChI=1S/C18H17ClN4O2S/c1-24-16-8-7-13(9-17(16)25-2)10-21-23-12-20-22-18(23)26-11-14-5-3-4-6-15(14)19/h3-10,12H,11H2,1-2H3/b21-10+. The van der Waals surface area contributed by atoms with E-state index < -0.39 is 0 Å². The van der Waals surface area contributed by atoms with Crippen molar-refractivity contribution in [1.29, 1.82) is 0 Å². The van der Waals surface area contributed by atoms with Gasteiger partial charge in [-0.05, 0) is 35.4 Å². The van der Waals surface area contributed by atoms with Gasteiger partial charge in [0.1, 0.15) is 6.33 Å². The number of nitrogens with zero attached hydrogens (tertiary/aromatic N) is 4.